The molecule has 0 spiro atoms. The summed E-state index contributed by atoms with van der Waals surface area (Å²) in [5.41, 5.74) is 1.24. The van der Waals surface area contributed by atoms with Gasteiger partial charge in [-0.15, -0.1) is 0 Å². The van der Waals surface area contributed by atoms with E-state index in [0.717, 1.165) is 37.8 Å². The van der Waals surface area contributed by atoms with Gasteiger partial charge in [-0.25, -0.2) is 0 Å². The zero-order valence-corrected chi connectivity index (χ0v) is 12.8. The molecule has 0 aromatic carbocycles. The van der Waals surface area contributed by atoms with Gasteiger partial charge in [0.25, 0.3) is 5.91 Å². The van der Waals surface area contributed by atoms with Crippen molar-refractivity contribution in [3.63, 3.8) is 0 Å². The molecule has 2 N–H and O–H groups in total. The molecule has 2 saturated carbocycles. The summed E-state index contributed by atoms with van der Waals surface area (Å²) in [5, 5.41) is 16.4. The van der Waals surface area contributed by atoms with E-state index in [-0.39, 0.29) is 11.9 Å². The second-order valence-corrected chi connectivity index (χ2v) is 6.44. The van der Waals surface area contributed by atoms with E-state index in [1.807, 2.05) is 0 Å². The fourth-order valence-corrected chi connectivity index (χ4v) is 3.32. The van der Waals surface area contributed by atoms with Gasteiger partial charge < -0.3 is 14.9 Å². The minimum Gasteiger partial charge on any atom is -0.481 e. The van der Waals surface area contributed by atoms with Gasteiger partial charge in [-0.05, 0) is 32.6 Å². The largest absolute Gasteiger partial charge is 0.481 e. The predicted octanol–water partition coefficient (Wildman–Crippen LogP) is 2.62. The van der Waals surface area contributed by atoms with Gasteiger partial charge in [-0.2, -0.15) is 0 Å². The molecule has 2 atom stereocenters. The lowest BCUT2D eigenvalue weighted by molar-refractivity contribution is -0.142. The number of aryl methyl sites for hydroxylation is 1. The molecule has 2 aliphatic rings. The lowest BCUT2D eigenvalue weighted by Gasteiger charge is -2.22. The number of carbonyl (C=O) groups is 2. The van der Waals surface area contributed by atoms with Crippen LogP contribution in [0.5, 0.6) is 0 Å². The summed E-state index contributed by atoms with van der Waals surface area (Å²) in [6, 6.07) is -0.311. The average molecular weight is 306 g/mol. The molecule has 0 unspecified atom stereocenters. The van der Waals surface area contributed by atoms with Crippen LogP contribution in [0.25, 0.3) is 0 Å². The van der Waals surface area contributed by atoms with Crippen LogP contribution in [-0.2, 0) is 4.79 Å². The van der Waals surface area contributed by atoms with Gasteiger partial charge in [0.2, 0.25) is 0 Å². The van der Waals surface area contributed by atoms with Crippen molar-refractivity contribution in [2.75, 3.05) is 0 Å². The van der Waals surface area contributed by atoms with E-state index in [9.17, 15) is 14.7 Å². The van der Waals surface area contributed by atoms with E-state index in [1.54, 1.807) is 6.92 Å². The highest BCUT2D eigenvalue weighted by molar-refractivity contribution is 5.97. The Bertz CT molecular complexity index is 577. The molecular weight excluding hydrogens is 284 g/mol. The van der Waals surface area contributed by atoms with Crippen molar-refractivity contribution in [1.82, 2.24) is 10.5 Å². The Morgan fingerprint density at radius 1 is 1.18 bits per heavy atom. The molecule has 1 heterocycles. The van der Waals surface area contributed by atoms with Crippen molar-refractivity contribution >= 4 is 11.9 Å². The third-order valence-corrected chi connectivity index (χ3v) is 4.73. The Labute approximate surface area is 129 Å². The monoisotopic (exact) mass is 306 g/mol. The van der Waals surface area contributed by atoms with Crippen LogP contribution in [0.3, 0.4) is 0 Å². The number of aliphatic carboxylic acids is 1. The first-order valence-electron chi connectivity index (χ1n) is 8.07. The maximum atomic E-state index is 12.6. The molecule has 2 fully saturated rings. The molecule has 1 aromatic rings. The number of rotatable bonds is 4. The fraction of sp³-hybridized carbons (Fsp3) is 0.688. The van der Waals surface area contributed by atoms with Crippen molar-refractivity contribution in [2.45, 2.75) is 63.8 Å². The van der Waals surface area contributed by atoms with Crippen LogP contribution in [0.2, 0.25) is 0 Å². The van der Waals surface area contributed by atoms with Crippen molar-refractivity contribution in [1.29, 1.82) is 0 Å². The van der Waals surface area contributed by atoms with E-state index in [1.165, 1.54) is 0 Å². The van der Waals surface area contributed by atoms with Gasteiger partial charge in [-0.1, -0.05) is 24.4 Å². The number of carbonyl (C=O) groups excluding carboxylic acids is 1. The van der Waals surface area contributed by atoms with E-state index >= 15 is 0 Å². The average Bonchev–Trinajstić information content (AvgIpc) is 3.26. The molecule has 0 saturated heterocycles. The zero-order valence-electron chi connectivity index (χ0n) is 12.8. The molecule has 22 heavy (non-hydrogen) atoms. The Balaban J connectivity index is 1.77. The second kappa shape index (κ2) is 6.10. The second-order valence-electron chi connectivity index (χ2n) is 6.44. The topological polar surface area (TPSA) is 92.4 Å². The molecule has 1 amide bonds. The van der Waals surface area contributed by atoms with Gasteiger partial charge in [0, 0.05) is 12.0 Å². The highest BCUT2D eigenvalue weighted by Gasteiger charge is 2.36. The number of carboxylic acids is 1. The maximum Gasteiger partial charge on any atom is 0.308 e. The third kappa shape index (κ3) is 3.00. The molecule has 0 radical (unpaired) electrons. The molecule has 6 heteroatoms. The van der Waals surface area contributed by atoms with E-state index < -0.39 is 11.9 Å². The number of carboxylic acid groups (broad SMARTS) is 1. The lowest BCUT2D eigenvalue weighted by Crippen LogP contribution is -2.43. The number of hydrogen-bond donors (Lipinski definition) is 2. The van der Waals surface area contributed by atoms with Crippen molar-refractivity contribution in [3.8, 4) is 0 Å². The van der Waals surface area contributed by atoms with Crippen molar-refractivity contribution in [3.05, 3.63) is 17.0 Å². The summed E-state index contributed by atoms with van der Waals surface area (Å²) in [6.45, 7) is 1.73. The van der Waals surface area contributed by atoms with Crippen molar-refractivity contribution in [2.24, 2.45) is 5.92 Å². The van der Waals surface area contributed by atoms with Crippen LogP contribution in [0.15, 0.2) is 4.52 Å². The van der Waals surface area contributed by atoms with Gasteiger partial charge in [0.05, 0.1) is 11.6 Å². The third-order valence-electron chi connectivity index (χ3n) is 4.73. The molecule has 1 aromatic heterocycles. The summed E-state index contributed by atoms with van der Waals surface area (Å²) >= 11 is 0. The highest BCUT2D eigenvalue weighted by atomic mass is 16.5. The maximum absolute atomic E-state index is 12.6. The summed E-state index contributed by atoms with van der Waals surface area (Å²) in [5.74, 6) is -0.728. The minimum absolute atomic E-state index is 0.237. The fourth-order valence-electron chi connectivity index (χ4n) is 3.32. The lowest BCUT2D eigenvalue weighted by atomic mass is 9.94. The first kappa shape index (κ1) is 15.1. The molecular formula is C16H22N2O4. The number of aromatic nitrogens is 1. The van der Waals surface area contributed by atoms with Gasteiger partial charge in [-0.3, -0.25) is 9.59 Å². The Kier molecular flexibility index (Phi) is 4.18. The first-order chi connectivity index (χ1) is 10.6. The first-order valence-corrected chi connectivity index (χ1v) is 8.07. The minimum atomic E-state index is -0.823. The normalized spacial score (nSPS) is 25.5. The standard InChI is InChI=1S/C16H22N2O4/c1-9-13(14(18-22-9)10-7-8-10)15(19)17-12-6-4-2-3-5-11(12)16(20)21/h10-12H,2-8H2,1H3,(H,17,19)(H,20,21)/t11-,12+/m0/s1. The van der Waals surface area contributed by atoms with Crippen molar-refractivity contribution < 1.29 is 19.2 Å². The summed E-state index contributed by atoms with van der Waals surface area (Å²) in [4.78, 5) is 24.1. The molecule has 3 rings (SSSR count). The summed E-state index contributed by atoms with van der Waals surface area (Å²) in [7, 11) is 0. The van der Waals surface area contributed by atoms with Crippen LogP contribution >= 0.6 is 0 Å². The zero-order chi connectivity index (χ0) is 15.7. The van der Waals surface area contributed by atoms with Crippen LogP contribution in [-0.4, -0.2) is 28.2 Å². The van der Waals surface area contributed by atoms with Crippen LogP contribution in [0.4, 0.5) is 0 Å². The summed E-state index contributed by atoms with van der Waals surface area (Å²) in [6.07, 6.45) is 6.29. The number of nitrogens with one attached hydrogen (secondary N) is 1. The van der Waals surface area contributed by atoms with Crippen LogP contribution in [0, 0.1) is 12.8 Å². The molecule has 0 aliphatic heterocycles. The smallest absolute Gasteiger partial charge is 0.308 e. The van der Waals surface area contributed by atoms with Crippen LogP contribution < -0.4 is 5.32 Å². The Morgan fingerprint density at radius 2 is 1.91 bits per heavy atom. The van der Waals surface area contributed by atoms with Gasteiger partial charge in [0.1, 0.15) is 11.3 Å². The van der Waals surface area contributed by atoms with Gasteiger partial charge in [0.15, 0.2) is 0 Å². The van der Waals surface area contributed by atoms with E-state index in [2.05, 4.69) is 10.5 Å². The molecule has 120 valence electrons. The molecule has 2 aliphatic carbocycles. The van der Waals surface area contributed by atoms with Gasteiger partial charge >= 0.3 is 5.97 Å². The molecule has 6 nitrogen and oxygen atoms in total. The van der Waals surface area contributed by atoms with Crippen LogP contribution in [0.1, 0.15) is 72.7 Å². The molecule has 0 bridgehead atoms. The van der Waals surface area contributed by atoms with E-state index in [4.69, 9.17) is 4.52 Å². The number of amides is 1. The summed E-state index contributed by atoms with van der Waals surface area (Å²) < 4.78 is 5.18. The number of hydrogen-bond acceptors (Lipinski definition) is 4. The van der Waals surface area contributed by atoms with E-state index in [0.29, 0.717) is 30.1 Å². The predicted molar refractivity (Wildman–Crippen MR) is 78.7 cm³/mol. The Hall–Kier alpha value is -1.85. The quantitative estimate of drug-likeness (QED) is 0.834. The number of nitrogens with zero attached hydrogens (tertiary/aromatic N) is 1. The SMILES string of the molecule is Cc1onc(C2CC2)c1C(=O)N[C@@H]1CCCCC[C@@H]1C(=O)O. The Morgan fingerprint density at radius 3 is 2.59 bits per heavy atom. The highest BCUT2D eigenvalue weighted by Crippen LogP contribution is 2.41.